The Labute approximate surface area is 183 Å². The second kappa shape index (κ2) is 9.08. The third kappa shape index (κ3) is 4.43. The second-order valence-electron chi connectivity index (χ2n) is 8.75. The lowest BCUT2D eigenvalue weighted by Crippen LogP contribution is -2.40. The highest BCUT2D eigenvalue weighted by molar-refractivity contribution is 5.83. The molecule has 6 heteroatoms. The summed E-state index contributed by atoms with van der Waals surface area (Å²) >= 11 is 0. The highest BCUT2D eigenvalue weighted by Gasteiger charge is 2.26. The van der Waals surface area contributed by atoms with Crippen LogP contribution in [0.4, 0.5) is 0 Å². The summed E-state index contributed by atoms with van der Waals surface area (Å²) in [5, 5.41) is 5.42. The first-order chi connectivity index (χ1) is 15.0. The second-order valence-corrected chi connectivity index (χ2v) is 8.75. The van der Waals surface area contributed by atoms with Crippen LogP contribution in [0, 0.1) is 13.8 Å². The highest BCUT2D eigenvalue weighted by Crippen LogP contribution is 2.25. The number of carbonyl (C=O) groups is 1. The Morgan fingerprint density at radius 3 is 2.58 bits per heavy atom. The fraction of sp³-hybridized carbons (Fsp3) is 0.480. The van der Waals surface area contributed by atoms with E-state index >= 15 is 0 Å². The van der Waals surface area contributed by atoms with Crippen molar-refractivity contribution in [1.82, 2.24) is 19.7 Å². The number of nitrogens with one attached hydrogen (secondary N) is 1. The molecule has 164 valence electrons. The fourth-order valence-electron chi connectivity index (χ4n) is 5.05. The maximum Gasteiger partial charge on any atom is 0.253 e. The SMILES string of the molecule is Cc1nn(C)c2[nH]c(=O)c(CCC(=O)N(CCc3ccccc3)C3CCCC3)c(C)c12. The van der Waals surface area contributed by atoms with Gasteiger partial charge in [-0.2, -0.15) is 5.10 Å². The van der Waals surface area contributed by atoms with Crippen molar-refractivity contribution >= 4 is 16.9 Å². The number of aryl methyl sites for hydroxylation is 3. The van der Waals surface area contributed by atoms with Crippen molar-refractivity contribution in [3.63, 3.8) is 0 Å². The maximum absolute atomic E-state index is 13.3. The predicted octanol–water partition coefficient (Wildman–Crippen LogP) is 3.82. The normalized spacial score (nSPS) is 14.4. The Bertz CT molecular complexity index is 1120. The van der Waals surface area contributed by atoms with E-state index in [0.717, 1.165) is 48.1 Å². The van der Waals surface area contributed by atoms with Crippen LogP contribution in [0.1, 0.15) is 54.5 Å². The van der Waals surface area contributed by atoms with Gasteiger partial charge in [-0.25, -0.2) is 0 Å². The van der Waals surface area contributed by atoms with Crippen LogP contribution < -0.4 is 5.56 Å². The van der Waals surface area contributed by atoms with Crippen molar-refractivity contribution < 1.29 is 4.79 Å². The summed E-state index contributed by atoms with van der Waals surface area (Å²) in [5.74, 6) is 0.157. The lowest BCUT2D eigenvalue weighted by molar-refractivity contribution is -0.133. The van der Waals surface area contributed by atoms with E-state index in [1.54, 1.807) is 4.68 Å². The molecule has 1 amide bonds. The Kier molecular flexibility index (Phi) is 6.25. The largest absolute Gasteiger partial charge is 0.339 e. The zero-order valence-electron chi connectivity index (χ0n) is 18.8. The van der Waals surface area contributed by atoms with E-state index in [2.05, 4.69) is 27.1 Å². The molecule has 1 N–H and O–H groups in total. The van der Waals surface area contributed by atoms with Crippen LogP contribution >= 0.6 is 0 Å². The van der Waals surface area contributed by atoms with Crippen LogP contribution in [0.15, 0.2) is 35.1 Å². The summed E-state index contributed by atoms with van der Waals surface area (Å²) in [6, 6.07) is 10.7. The molecular weight excluding hydrogens is 388 g/mol. The first-order valence-corrected chi connectivity index (χ1v) is 11.3. The molecule has 1 aliphatic rings. The Morgan fingerprint density at radius 1 is 1.16 bits per heavy atom. The van der Waals surface area contributed by atoms with E-state index in [9.17, 15) is 9.59 Å². The summed E-state index contributed by atoms with van der Waals surface area (Å²) in [5.41, 5.74) is 4.42. The lowest BCUT2D eigenvalue weighted by atomic mass is 10.0. The lowest BCUT2D eigenvalue weighted by Gasteiger charge is -2.29. The zero-order valence-corrected chi connectivity index (χ0v) is 18.8. The van der Waals surface area contributed by atoms with Crippen LogP contribution in [0.2, 0.25) is 0 Å². The van der Waals surface area contributed by atoms with Gasteiger partial charge in [0.05, 0.1) is 5.69 Å². The smallest absolute Gasteiger partial charge is 0.253 e. The molecule has 1 saturated carbocycles. The van der Waals surface area contributed by atoms with Gasteiger partial charge in [0, 0.05) is 37.0 Å². The van der Waals surface area contributed by atoms with Crippen LogP contribution in [0.3, 0.4) is 0 Å². The molecular formula is C25H32N4O2. The first kappa shape index (κ1) is 21.3. The van der Waals surface area contributed by atoms with Crippen molar-refractivity contribution in [3.05, 3.63) is 63.1 Å². The zero-order chi connectivity index (χ0) is 22.0. The molecule has 3 aromatic rings. The molecule has 0 bridgehead atoms. The standard InChI is InChI=1S/C25H32N4O2/c1-17-21(25(31)26-24-23(17)18(2)27-28(24)3)13-14-22(30)29(20-11-7-8-12-20)16-15-19-9-5-4-6-10-19/h4-6,9-10,20H,7-8,11-16H2,1-3H3,(H,26,31). The molecule has 1 aromatic carbocycles. The number of hydrogen-bond donors (Lipinski definition) is 1. The molecule has 1 fully saturated rings. The third-order valence-corrected chi connectivity index (χ3v) is 6.71. The number of nitrogens with zero attached hydrogens (tertiary/aromatic N) is 3. The summed E-state index contributed by atoms with van der Waals surface area (Å²) < 4.78 is 1.71. The number of benzene rings is 1. The van der Waals surface area contributed by atoms with Crippen LogP contribution in [0.5, 0.6) is 0 Å². The van der Waals surface area contributed by atoms with Crippen molar-refractivity contribution in [1.29, 1.82) is 0 Å². The quantitative estimate of drug-likeness (QED) is 0.632. The van der Waals surface area contributed by atoms with E-state index in [-0.39, 0.29) is 11.5 Å². The average Bonchev–Trinajstić information content (AvgIpc) is 3.37. The summed E-state index contributed by atoms with van der Waals surface area (Å²) in [7, 11) is 1.83. The minimum atomic E-state index is -0.113. The molecule has 0 saturated heterocycles. The number of hydrogen-bond acceptors (Lipinski definition) is 3. The third-order valence-electron chi connectivity index (χ3n) is 6.71. The summed E-state index contributed by atoms with van der Waals surface area (Å²) in [6.45, 7) is 4.66. The number of pyridine rings is 1. The summed E-state index contributed by atoms with van der Waals surface area (Å²) in [4.78, 5) is 31.1. The Balaban J connectivity index is 1.51. The van der Waals surface area contributed by atoms with Gasteiger partial charge in [0.25, 0.3) is 5.56 Å². The van der Waals surface area contributed by atoms with Crippen molar-refractivity contribution in [2.24, 2.45) is 7.05 Å². The average molecular weight is 421 g/mol. The van der Waals surface area contributed by atoms with Gasteiger partial charge in [0.15, 0.2) is 0 Å². The Morgan fingerprint density at radius 2 is 1.87 bits per heavy atom. The number of aromatic nitrogens is 3. The van der Waals surface area contributed by atoms with E-state index in [4.69, 9.17) is 0 Å². The highest BCUT2D eigenvalue weighted by atomic mass is 16.2. The number of aromatic amines is 1. The van der Waals surface area contributed by atoms with Gasteiger partial charge in [0.2, 0.25) is 5.91 Å². The number of rotatable bonds is 7. The topological polar surface area (TPSA) is 71.0 Å². The molecule has 1 aliphatic carbocycles. The fourth-order valence-corrected chi connectivity index (χ4v) is 5.05. The van der Waals surface area contributed by atoms with Gasteiger partial charge in [-0.3, -0.25) is 14.3 Å². The van der Waals surface area contributed by atoms with E-state index < -0.39 is 0 Å². The van der Waals surface area contributed by atoms with Crippen LogP contribution in [-0.2, 0) is 24.7 Å². The van der Waals surface area contributed by atoms with Crippen molar-refractivity contribution in [2.75, 3.05) is 6.54 Å². The molecule has 2 heterocycles. The number of amides is 1. The van der Waals surface area contributed by atoms with E-state index in [1.165, 1.54) is 18.4 Å². The molecule has 0 unspecified atom stereocenters. The molecule has 0 aliphatic heterocycles. The van der Waals surface area contributed by atoms with Crippen molar-refractivity contribution in [3.8, 4) is 0 Å². The van der Waals surface area contributed by atoms with Gasteiger partial charge >= 0.3 is 0 Å². The molecule has 0 radical (unpaired) electrons. The van der Waals surface area contributed by atoms with Gasteiger partial charge in [-0.1, -0.05) is 43.2 Å². The maximum atomic E-state index is 13.3. The molecule has 2 aromatic heterocycles. The van der Waals surface area contributed by atoms with Crippen LogP contribution in [0.25, 0.3) is 11.0 Å². The van der Waals surface area contributed by atoms with Crippen molar-refractivity contribution in [2.45, 2.75) is 64.8 Å². The molecule has 6 nitrogen and oxygen atoms in total. The number of carbonyl (C=O) groups excluding carboxylic acids is 1. The number of H-pyrrole nitrogens is 1. The predicted molar refractivity (Wildman–Crippen MR) is 123 cm³/mol. The molecule has 4 rings (SSSR count). The van der Waals surface area contributed by atoms with Gasteiger partial charge in [-0.15, -0.1) is 0 Å². The monoisotopic (exact) mass is 420 g/mol. The van der Waals surface area contributed by atoms with E-state index in [1.807, 2.05) is 39.1 Å². The van der Waals surface area contributed by atoms with Crippen LogP contribution in [-0.4, -0.2) is 38.2 Å². The Hall–Kier alpha value is -2.89. The minimum Gasteiger partial charge on any atom is -0.339 e. The molecule has 31 heavy (non-hydrogen) atoms. The minimum absolute atomic E-state index is 0.113. The first-order valence-electron chi connectivity index (χ1n) is 11.3. The molecule has 0 spiro atoms. The van der Waals surface area contributed by atoms with E-state index in [0.29, 0.717) is 24.4 Å². The van der Waals surface area contributed by atoms with Gasteiger partial charge in [0.1, 0.15) is 5.65 Å². The van der Waals surface area contributed by atoms with Gasteiger partial charge in [-0.05, 0) is 50.7 Å². The number of fused-ring (bicyclic) bond motifs is 1. The summed E-state index contributed by atoms with van der Waals surface area (Å²) in [6.07, 6.45) is 6.23. The molecule has 0 atom stereocenters. The van der Waals surface area contributed by atoms with Gasteiger partial charge < -0.3 is 9.88 Å².